The molecule has 1 aliphatic heterocycles. The van der Waals surface area contributed by atoms with Gasteiger partial charge in [-0.1, -0.05) is 30.3 Å². The Morgan fingerprint density at radius 3 is 2.63 bits per heavy atom. The van der Waals surface area contributed by atoms with E-state index in [4.69, 9.17) is 0 Å². The molecule has 0 aliphatic carbocycles. The maximum Gasteiger partial charge on any atom is 0.223 e. The van der Waals surface area contributed by atoms with E-state index < -0.39 is 6.04 Å². The van der Waals surface area contributed by atoms with Gasteiger partial charge in [0.1, 0.15) is 6.04 Å². The summed E-state index contributed by atoms with van der Waals surface area (Å²) in [5.41, 5.74) is 3.34. The number of Topliss-reactive ketones (excluding diaryl/α,β-unsaturated/α-hetero) is 1. The van der Waals surface area contributed by atoms with Crippen LogP contribution in [0.4, 0.5) is 5.69 Å². The van der Waals surface area contributed by atoms with Crippen molar-refractivity contribution in [1.29, 1.82) is 0 Å². The quantitative estimate of drug-likeness (QED) is 0.668. The van der Waals surface area contributed by atoms with E-state index in [9.17, 15) is 9.59 Å². The number of aromatic nitrogens is 4. The van der Waals surface area contributed by atoms with Crippen molar-refractivity contribution in [2.75, 3.05) is 11.4 Å². The van der Waals surface area contributed by atoms with Gasteiger partial charge in [-0.25, -0.2) is 0 Å². The molecular formula is C20H19N5O2. The number of hydrogen-bond donors (Lipinski definition) is 0. The molecule has 1 aliphatic rings. The normalized spacial score (nSPS) is 14.1. The molecular weight excluding hydrogens is 342 g/mol. The predicted octanol–water partition coefficient (Wildman–Crippen LogP) is 2.69. The second-order valence-electron chi connectivity index (χ2n) is 6.60. The van der Waals surface area contributed by atoms with Gasteiger partial charge < -0.3 is 4.90 Å². The van der Waals surface area contributed by atoms with Crippen LogP contribution in [-0.4, -0.2) is 38.4 Å². The Morgan fingerprint density at radius 1 is 1.11 bits per heavy atom. The topological polar surface area (TPSA) is 81.0 Å². The molecule has 2 heterocycles. The minimum Gasteiger partial charge on any atom is -0.312 e. The average Bonchev–Trinajstić information content (AvgIpc) is 3.34. The van der Waals surface area contributed by atoms with E-state index in [0.717, 1.165) is 23.2 Å². The number of hydrogen-bond acceptors (Lipinski definition) is 5. The average molecular weight is 361 g/mol. The number of carbonyl (C=O) groups excluding carboxylic acids is 2. The first-order valence-corrected chi connectivity index (χ1v) is 8.85. The molecule has 1 atom stereocenters. The molecule has 0 radical (unpaired) electrons. The van der Waals surface area contributed by atoms with Crippen LogP contribution in [0.25, 0.3) is 11.4 Å². The predicted molar refractivity (Wildman–Crippen MR) is 100 cm³/mol. The van der Waals surface area contributed by atoms with E-state index >= 15 is 0 Å². The summed E-state index contributed by atoms with van der Waals surface area (Å²) in [7, 11) is 0. The number of benzene rings is 2. The summed E-state index contributed by atoms with van der Waals surface area (Å²) in [6.45, 7) is 3.97. The molecule has 0 spiro atoms. The lowest BCUT2D eigenvalue weighted by molar-refractivity contribution is -0.116. The molecule has 136 valence electrons. The number of fused-ring (bicyclic) bond motifs is 1. The molecule has 1 aromatic heterocycles. The highest BCUT2D eigenvalue weighted by molar-refractivity contribution is 6.00. The number of nitrogens with zero attached hydrogens (tertiary/aromatic N) is 5. The van der Waals surface area contributed by atoms with Crippen LogP contribution in [0.3, 0.4) is 0 Å². The van der Waals surface area contributed by atoms with Gasteiger partial charge in [-0.2, -0.15) is 4.80 Å². The molecule has 0 saturated heterocycles. The molecule has 4 rings (SSSR count). The van der Waals surface area contributed by atoms with Crippen LogP contribution in [0.1, 0.15) is 35.8 Å². The van der Waals surface area contributed by atoms with E-state index in [0.29, 0.717) is 17.9 Å². The minimum atomic E-state index is -0.571. The van der Waals surface area contributed by atoms with Crippen LogP contribution in [0.5, 0.6) is 0 Å². The van der Waals surface area contributed by atoms with Crippen molar-refractivity contribution in [3.63, 3.8) is 0 Å². The third kappa shape index (κ3) is 3.12. The van der Waals surface area contributed by atoms with Crippen LogP contribution >= 0.6 is 0 Å². The van der Waals surface area contributed by atoms with Gasteiger partial charge in [0, 0.05) is 30.3 Å². The van der Waals surface area contributed by atoms with E-state index in [1.54, 1.807) is 24.8 Å². The lowest BCUT2D eigenvalue weighted by Gasteiger charge is -2.15. The molecule has 1 amide bonds. The molecule has 0 unspecified atom stereocenters. The van der Waals surface area contributed by atoms with E-state index in [2.05, 4.69) is 15.4 Å². The highest BCUT2D eigenvalue weighted by Gasteiger charge is 2.25. The Hall–Kier alpha value is -3.35. The number of amides is 1. The van der Waals surface area contributed by atoms with Gasteiger partial charge in [-0.3, -0.25) is 9.59 Å². The van der Waals surface area contributed by atoms with Crippen molar-refractivity contribution < 1.29 is 9.59 Å². The largest absolute Gasteiger partial charge is 0.312 e. The summed E-state index contributed by atoms with van der Waals surface area (Å²) < 4.78 is 0. The molecule has 0 fully saturated rings. The van der Waals surface area contributed by atoms with E-state index in [1.165, 1.54) is 4.80 Å². The molecule has 27 heavy (non-hydrogen) atoms. The number of carbonyl (C=O) groups is 2. The van der Waals surface area contributed by atoms with Crippen molar-refractivity contribution in [2.24, 2.45) is 0 Å². The van der Waals surface area contributed by atoms with Gasteiger partial charge in [0.05, 0.1) is 0 Å². The SMILES string of the molecule is CC(=O)N1CCc2cc(C(=O)[C@@H](C)n3nnc(-c4ccccc4)n3)ccc21. The number of rotatable bonds is 4. The zero-order chi connectivity index (χ0) is 19.0. The van der Waals surface area contributed by atoms with Crippen LogP contribution in [0, 0.1) is 0 Å². The molecule has 0 bridgehead atoms. The van der Waals surface area contributed by atoms with Crippen molar-refractivity contribution in [1.82, 2.24) is 20.2 Å². The first kappa shape index (κ1) is 17.1. The van der Waals surface area contributed by atoms with E-state index in [1.807, 2.05) is 42.5 Å². The fraction of sp³-hybridized carbons (Fsp3) is 0.250. The smallest absolute Gasteiger partial charge is 0.223 e. The van der Waals surface area contributed by atoms with Crippen molar-refractivity contribution in [2.45, 2.75) is 26.3 Å². The first-order valence-electron chi connectivity index (χ1n) is 8.85. The Kier molecular flexibility index (Phi) is 4.27. The fourth-order valence-corrected chi connectivity index (χ4v) is 3.32. The second-order valence-corrected chi connectivity index (χ2v) is 6.60. The van der Waals surface area contributed by atoms with Crippen LogP contribution in [-0.2, 0) is 11.2 Å². The van der Waals surface area contributed by atoms with E-state index in [-0.39, 0.29) is 11.7 Å². The van der Waals surface area contributed by atoms with Gasteiger partial charge in [-0.15, -0.1) is 10.2 Å². The number of anilines is 1. The Labute approximate surface area is 156 Å². The summed E-state index contributed by atoms with van der Waals surface area (Å²) in [4.78, 5) is 27.7. The summed E-state index contributed by atoms with van der Waals surface area (Å²) in [6, 6.07) is 14.4. The molecule has 7 nitrogen and oxygen atoms in total. The van der Waals surface area contributed by atoms with Crippen LogP contribution in [0.2, 0.25) is 0 Å². The number of tetrazole rings is 1. The van der Waals surface area contributed by atoms with Crippen LogP contribution < -0.4 is 4.90 Å². The first-order chi connectivity index (χ1) is 13.0. The summed E-state index contributed by atoms with van der Waals surface area (Å²) in [5.74, 6) is 0.416. The standard InChI is InChI=1S/C20H19N5O2/c1-13(25-22-20(21-23-25)15-6-4-3-5-7-15)19(27)17-8-9-18-16(12-17)10-11-24(18)14(2)26/h3-9,12-13H,10-11H2,1-2H3/t13-/m1/s1. The summed E-state index contributed by atoms with van der Waals surface area (Å²) >= 11 is 0. The monoisotopic (exact) mass is 361 g/mol. The maximum atomic E-state index is 12.9. The third-order valence-electron chi connectivity index (χ3n) is 4.83. The summed E-state index contributed by atoms with van der Waals surface area (Å²) in [5, 5.41) is 12.5. The Balaban J connectivity index is 1.57. The van der Waals surface area contributed by atoms with Crippen molar-refractivity contribution in [3.05, 3.63) is 59.7 Å². The van der Waals surface area contributed by atoms with Crippen molar-refractivity contribution >= 4 is 17.4 Å². The van der Waals surface area contributed by atoms with Gasteiger partial charge in [0.25, 0.3) is 0 Å². The minimum absolute atomic E-state index is 0.0152. The zero-order valence-corrected chi connectivity index (χ0v) is 15.2. The molecule has 0 saturated carbocycles. The Bertz CT molecular complexity index is 1010. The summed E-state index contributed by atoms with van der Waals surface area (Å²) in [6.07, 6.45) is 0.754. The molecule has 3 aromatic rings. The number of ketones is 1. The van der Waals surface area contributed by atoms with Gasteiger partial charge in [-0.05, 0) is 42.3 Å². The molecule has 2 aromatic carbocycles. The molecule has 0 N–H and O–H groups in total. The lowest BCUT2D eigenvalue weighted by Crippen LogP contribution is -2.25. The Morgan fingerprint density at radius 2 is 1.89 bits per heavy atom. The van der Waals surface area contributed by atoms with Crippen molar-refractivity contribution in [3.8, 4) is 11.4 Å². The van der Waals surface area contributed by atoms with Gasteiger partial charge in [0.15, 0.2) is 5.78 Å². The zero-order valence-electron chi connectivity index (χ0n) is 15.2. The highest BCUT2D eigenvalue weighted by atomic mass is 16.2. The second kappa shape index (κ2) is 6.75. The van der Waals surface area contributed by atoms with Gasteiger partial charge >= 0.3 is 0 Å². The third-order valence-corrected chi connectivity index (χ3v) is 4.83. The fourth-order valence-electron chi connectivity index (χ4n) is 3.32. The maximum absolute atomic E-state index is 12.9. The van der Waals surface area contributed by atoms with Crippen LogP contribution in [0.15, 0.2) is 48.5 Å². The highest BCUT2D eigenvalue weighted by Crippen LogP contribution is 2.30. The lowest BCUT2D eigenvalue weighted by atomic mass is 10.0. The van der Waals surface area contributed by atoms with Gasteiger partial charge in [0.2, 0.25) is 11.7 Å². The molecule has 7 heteroatoms.